The number of carbonyl (C=O) groups excluding carboxylic acids is 1. The first-order chi connectivity index (χ1) is 12.9. The average molecular weight is 390 g/mol. The molecule has 1 N–H and O–H groups in total. The summed E-state index contributed by atoms with van der Waals surface area (Å²) in [7, 11) is -3.60. The quantitative estimate of drug-likeness (QED) is 0.853. The van der Waals surface area contributed by atoms with Gasteiger partial charge in [-0.3, -0.25) is 4.79 Å². The van der Waals surface area contributed by atoms with Crippen molar-refractivity contribution in [3.8, 4) is 0 Å². The second kappa shape index (κ2) is 8.19. The van der Waals surface area contributed by atoms with Crippen molar-refractivity contribution in [3.63, 3.8) is 0 Å². The van der Waals surface area contributed by atoms with Crippen LogP contribution < -0.4 is 5.32 Å². The summed E-state index contributed by atoms with van der Waals surface area (Å²) < 4.78 is 40.1. The van der Waals surface area contributed by atoms with E-state index >= 15 is 0 Å². The van der Waals surface area contributed by atoms with E-state index in [2.05, 4.69) is 12.2 Å². The van der Waals surface area contributed by atoms with Gasteiger partial charge in [-0.25, -0.2) is 12.8 Å². The molecule has 0 saturated carbocycles. The number of rotatable bonds is 5. The molecule has 144 valence electrons. The third-order valence-corrected chi connectivity index (χ3v) is 6.74. The Morgan fingerprint density at radius 2 is 1.81 bits per heavy atom. The molecule has 1 aliphatic rings. The highest BCUT2D eigenvalue weighted by Gasteiger charge is 2.28. The molecule has 0 aromatic heterocycles. The number of benzene rings is 2. The summed E-state index contributed by atoms with van der Waals surface area (Å²) >= 11 is 0. The van der Waals surface area contributed by atoms with Crippen LogP contribution in [0.1, 0.15) is 35.7 Å². The lowest BCUT2D eigenvalue weighted by molar-refractivity contribution is 0.0950. The first-order valence-electron chi connectivity index (χ1n) is 8.99. The Morgan fingerprint density at radius 1 is 1.15 bits per heavy atom. The number of nitrogens with zero attached hydrogens (tertiary/aromatic N) is 1. The summed E-state index contributed by atoms with van der Waals surface area (Å²) in [5, 5.41) is 2.73. The van der Waals surface area contributed by atoms with Crippen molar-refractivity contribution in [1.82, 2.24) is 9.62 Å². The van der Waals surface area contributed by atoms with Crippen LogP contribution in [0.15, 0.2) is 53.4 Å². The second-order valence-corrected chi connectivity index (χ2v) is 8.86. The molecule has 3 rings (SSSR count). The maximum Gasteiger partial charge on any atom is 0.251 e. The molecule has 1 heterocycles. The van der Waals surface area contributed by atoms with E-state index in [9.17, 15) is 17.6 Å². The molecule has 5 nitrogen and oxygen atoms in total. The Bertz CT molecular complexity index is 905. The molecule has 1 saturated heterocycles. The zero-order chi connectivity index (χ0) is 19.4. The molecular weight excluding hydrogens is 367 g/mol. The molecule has 0 atom stereocenters. The minimum Gasteiger partial charge on any atom is -0.348 e. The Balaban J connectivity index is 1.70. The van der Waals surface area contributed by atoms with Crippen LogP contribution >= 0.6 is 0 Å². The topological polar surface area (TPSA) is 66.5 Å². The maximum absolute atomic E-state index is 12.9. The van der Waals surface area contributed by atoms with Gasteiger partial charge in [-0.15, -0.1) is 0 Å². The number of piperidine rings is 1. The molecule has 1 aliphatic heterocycles. The molecule has 7 heteroatoms. The van der Waals surface area contributed by atoms with Gasteiger partial charge in [0.1, 0.15) is 5.82 Å². The molecule has 0 bridgehead atoms. The smallest absolute Gasteiger partial charge is 0.251 e. The van der Waals surface area contributed by atoms with Gasteiger partial charge in [0.15, 0.2) is 0 Å². The summed E-state index contributed by atoms with van der Waals surface area (Å²) in [5.41, 5.74) is 1.04. The van der Waals surface area contributed by atoms with Crippen LogP contribution in [0.4, 0.5) is 4.39 Å². The van der Waals surface area contributed by atoms with E-state index < -0.39 is 10.0 Å². The Morgan fingerprint density at radius 3 is 2.48 bits per heavy atom. The molecule has 1 amide bonds. The van der Waals surface area contributed by atoms with Gasteiger partial charge < -0.3 is 5.32 Å². The largest absolute Gasteiger partial charge is 0.348 e. The van der Waals surface area contributed by atoms with Crippen LogP contribution in [0.5, 0.6) is 0 Å². The second-order valence-electron chi connectivity index (χ2n) is 6.92. The number of halogens is 1. The number of hydrogen-bond acceptors (Lipinski definition) is 3. The summed E-state index contributed by atoms with van der Waals surface area (Å²) in [6, 6.07) is 11.9. The first-order valence-corrected chi connectivity index (χ1v) is 10.4. The fraction of sp³-hybridized carbons (Fsp3) is 0.350. The van der Waals surface area contributed by atoms with E-state index in [4.69, 9.17) is 0 Å². The lowest BCUT2D eigenvalue weighted by Gasteiger charge is -2.29. The number of amides is 1. The van der Waals surface area contributed by atoms with Crippen LogP contribution in [0, 0.1) is 11.7 Å². The van der Waals surface area contributed by atoms with E-state index in [-0.39, 0.29) is 28.7 Å². The van der Waals surface area contributed by atoms with Crippen molar-refractivity contribution in [2.24, 2.45) is 5.92 Å². The van der Waals surface area contributed by atoms with E-state index in [0.717, 1.165) is 18.4 Å². The predicted octanol–water partition coefficient (Wildman–Crippen LogP) is 3.18. The van der Waals surface area contributed by atoms with Gasteiger partial charge in [-0.2, -0.15) is 4.31 Å². The van der Waals surface area contributed by atoms with Crippen LogP contribution in [-0.2, 0) is 16.6 Å². The summed E-state index contributed by atoms with van der Waals surface area (Å²) in [4.78, 5) is 12.5. The molecule has 0 unspecified atom stereocenters. The van der Waals surface area contributed by atoms with E-state index in [1.54, 1.807) is 24.3 Å². The van der Waals surface area contributed by atoms with Crippen molar-refractivity contribution in [1.29, 1.82) is 0 Å². The first kappa shape index (κ1) is 19.5. The molecule has 2 aromatic carbocycles. The predicted molar refractivity (Wildman–Crippen MR) is 101 cm³/mol. The van der Waals surface area contributed by atoms with Crippen LogP contribution in [0.2, 0.25) is 0 Å². The highest BCUT2D eigenvalue weighted by Crippen LogP contribution is 2.24. The summed E-state index contributed by atoms with van der Waals surface area (Å²) in [5.74, 6) is -0.182. The van der Waals surface area contributed by atoms with Crippen molar-refractivity contribution in [2.45, 2.75) is 31.2 Å². The third kappa shape index (κ3) is 4.73. The zero-order valence-electron chi connectivity index (χ0n) is 15.2. The van der Waals surface area contributed by atoms with Crippen molar-refractivity contribution in [3.05, 3.63) is 65.5 Å². The minimum atomic E-state index is -3.60. The van der Waals surface area contributed by atoms with E-state index in [0.29, 0.717) is 19.0 Å². The number of nitrogens with one attached hydrogen (secondary N) is 1. The van der Waals surface area contributed by atoms with Crippen LogP contribution in [0.25, 0.3) is 0 Å². The highest BCUT2D eigenvalue weighted by atomic mass is 32.2. The number of hydrogen-bond donors (Lipinski definition) is 1. The Labute approximate surface area is 159 Å². The third-order valence-electron chi connectivity index (χ3n) is 4.84. The molecule has 2 aromatic rings. The fourth-order valence-electron chi connectivity index (χ4n) is 3.06. The lowest BCUT2D eigenvalue weighted by atomic mass is 10.0. The van der Waals surface area contributed by atoms with Crippen molar-refractivity contribution >= 4 is 15.9 Å². The normalized spacial score (nSPS) is 16.2. The molecule has 0 radical (unpaired) electrons. The SMILES string of the molecule is CC1CCN(S(=O)(=O)c2cccc(C(=O)NCc3ccc(F)cc3)c2)CC1. The fourth-order valence-corrected chi connectivity index (χ4v) is 4.57. The molecule has 0 spiro atoms. The molecular formula is C20H23FN2O3S. The van der Waals surface area contributed by atoms with Gasteiger partial charge in [0.05, 0.1) is 4.90 Å². The van der Waals surface area contributed by atoms with Gasteiger partial charge >= 0.3 is 0 Å². The molecule has 27 heavy (non-hydrogen) atoms. The van der Waals surface area contributed by atoms with E-state index in [1.807, 2.05) is 0 Å². The Hall–Kier alpha value is -2.25. The zero-order valence-corrected chi connectivity index (χ0v) is 16.0. The van der Waals surface area contributed by atoms with Gasteiger partial charge in [0, 0.05) is 25.2 Å². The lowest BCUT2D eigenvalue weighted by Crippen LogP contribution is -2.38. The van der Waals surface area contributed by atoms with Gasteiger partial charge in [-0.1, -0.05) is 25.1 Å². The standard InChI is InChI=1S/C20H23FN2O3S/c1-15-9-11-23(12-10-15)27(25,26)19-4-2-3-17(13-19)20(24)22-14-16-5-7-18(21)8-6-16/h2-8,13,15H,9-12,14H2,1H3,(H,22,24). The number of sulfonamides is 1. The maximum atomic E-state index is 12.9. The average Bonchev–Trinajstić information content (AvgIpc) is 2.68. The Kier molecular flexibility index (Phi) is 5.92. The minimum absolute atomic E-state index is 0.131. The summed E-state index contributed by atoms with van der Waals surface area (Å²) in [6.07, 6.45) is 1.69. The number of carbonyl (C=O) groups is 1. The van der Waals surface area contributed by atoms with Gasteiger partial charge in [-0.05, 0) is 54.7 Å². The summed E-state index contributed by atoms with van der Waals surface area (Å²) in [6.45, 7) is 3.37. The van der Waals surface area contributed by atoms with Crippen LogP contribution in [0.3, 0.4) is 0 Å². The van der Waals surface area contributed by atoms with Gasteiger partial charge in [0.2, 0.25) is 10.0 Å². The van der Waals surface area contributed by atoms with Crippen molar-refractivity contribution in [2.75, 3.05) is 13.1 Å². The monoisotopic (exact) mass is 390 g/mol. The molecule has 0 aliphatic carbocycles. The van der Waals surface area contributed by atoms with Crippen molar-refractivity contribution < 1.29 is 17.6 Å². The highest BCUT2D eigenvalue weighted by molar-refractivity contribution is 7.89. The molecule has 1 fully saturated rings. The van der Waals surface area contributed by atoms with Crippen LogP contribution in [-0.4, -0.2) is 31.7 Å². The van der Waals surface area contributed by atoms with Gasteiger partial charge in [0.25, 0.3) is 5.91 Å². The van der Waals surface area contributed by atoms with E-state index in [1.165, 1.54) is 28.6 Å².